The van der Waals surface area contributed by atoms with Crippen molar-refractivity contribution in [2.45, 2.75) is 32.6 Å². The summed E-state index contributed by atoms with van der Waals surface area (Å²) >= 11 is 1.33. The Hall–Kier alpha value is -2.56. The number of carbonyl (C=O) groups excluding carboxylic acids is 1. The number of nitrogens with one attached hydrogen (secondary N) is 2. The van der Waals surface area contributed by atoms with Gasteiger partial charge in [-0.1, -0.05) is 0 Å². The molecule has 1 saturated heterocycles. The van der Waals surface area contributed by atoms with Gasteiger partial charge in [0.1, 0.15) is 5.69 Å². The molecule has 2 heterocycles. The minimum atomic E-state index is -0.519. The van der Waals surface area contributed by atoms with Gasteiger partial charge in [0.05, 0.1) is 22.8 Å². The van der Waals surface area contributed by atoms with Crippen LogP contribution in [0.2, 0.25) is 0 Å². The Morgan fingerprint density at radius 1 is 1.39 bits per heavy atom. The molecular weight excluding hydrogens is 382 g/mol. The van der Waals surface area contributed by atoms with Crippen molar-refractivity contribution in [3.05, 3.63) is 45.0 Å². The molecule has 0 unspecified atom stereocenters. The van der Waals surface area contributed by atoms with Crippen molar-refractivity contribution in [3.8, 4) is 0 Å². The second-order valence-electron chi connectivity index (χ2n) is 6.79. The number of nitro benzene ring substituents is 1. The number of ether oxygens (including phenoxy) is 1. The topological polar surface area (TPSA) is 110 Å². The molecule has 2 N–H and O–H groups in total. The van der Waals surface area contributed by atoms with Crippen molar-refractivity contribution >= 4 is 33.8 Å². The first-order chi connectivity index (χ1) is 13.4. The van der Waals surface area contributed by atoms with E-state index in [0.29, 0.717) is 17.4 Å². The van der Waals surface area contributed by atoms with Crippen LogP contribution in [0.4, 0.5) is 16.5 Å². The van der Waals surface area contributed by atoms with Crippen LogP contribution >= 0.6 is 11.3 Å². The maximum Gasteiger partial charge on any atom is 0.293 e. The van der Waals surface area contributed by atoms with Crippen LogP contribution in [-0.4, -0.2) is 53.1 Å². The molecule has 0 radical (unpaired) electrons. The van der Waals surface area contributed by atoms with Gasteiger partial charge in [-0.15, -0.1) is 11.3 Å². The molecule has 9 nitrogen and oxygen atoms in total. The van der Waals surface area contributed by atoms with Gasteiger partial charge in [0.15, 0.2) is 5.13 Å². The lowest BCUT2D eigenvalue weighted by Gasteiger charge is -2.34. The first-order valence-corrected chi connectivity index (χ1v) is 9.83. The van der Waals surface area contributed by atoms with Gasteiger partial charge in [-0.05, 0) is 26.0 Å². The number of aromatic nitrogens is 1. The van der Waals surface area contributed by atoms with Crippen LogP contribution in [0.5, 0.6) is 0 Å². The van der Waals surface area contributed by atoms with Crippen molar-refractivity contribution in [3.63, 3.8) is 0 Å². The Morgan fingerprint density at radius 2 is 2.11 bits per heavy atom. The number of hydrogen-bond acceptors (Lipinski definition) is 8. The molecule has 28 heavy (non-hydrogen) atoms. The van der Waals surface area contributed by atoms with Crippen molar-refractivity contribution < 1.29 is 14.5 Å². The van der Waals surface area contributed by atoms with Gasteiger partial charge in [-0.25, -0.2) is 4.98 Å². The standard InChI is InChI=1S/C18H23N5O4S/c1-11-7-22(8-12(2)27-11)9-14-10-28-18(20-14)21-17(24)13-4-5-15(19-3)16(6-13)23(25)26/h4-6,10-12,19H,7-9H2,1-3H3,(H,20,21,24)/t11-,12-/m0/s1. The fourth-order valence-corrected chi connectivity index (χ4v) is 3.98. The molecule has 1 aromatic carbocycles. The van der Waals surface area contributed by atoms with E-state index in [1.165, 1.54) is 23.5 Å². The van der Waals surface area contributed by atoms with Crippen LogP contribution in [0.15, 0.2) is 23.6 Å². The Bertz CT molecular complexity index is 861. The molecule has 10 heteroatoms. The van der Waals surface area contributed by atoms with E-state index in [4.69, 9.17) is 4.74 Å². The molecule has 150 valence electrons. The minimum absolute atomic E-state index is 0.148. The predicted molar refractivity (Wildman–Crippen MR) is 108 cm³/mol. The summed E-state index contributed by atoms with van der Waals surface area (Å²) in [5, 5.41) is 19.0. The van der Waals surface area contributed by atoms with Gasteiger partial charge in [-0.3, -0.25) is 25.1 Å². The number of anilines is 2. The molecule has 1 aliphatic rings. The van der Waals surface area contributed by atoms with Gasteiger partial charge >= 0.3 is 0 Å². The summed E-state index contributed by atoms with van der Waals surface area (Å²) in [7, 11) is 1.59. The minimum Gasteiger partial charge on any atom is -0.383 e. The van der Waals surface area contributed by atoms with E-state index in [-0.39, 0.29) is 23.5 Å². The van der Waals surface area contributed by atoms with E-state index < -0.39 is 10.8 Å². The molecule has 1 fully saturated rings. The lowest BCUT2D eigenvalue weighted by atomic mass is 10.1. The number of amides is 1. The molecule has 3 rings (SSSR count). The molecule has 2 atom stereocenters. The van der Waals surface area contributed by atoms with Gasteiger partial charge in [0, 0.05) is 43.7 Å². The molecule has 0 spiro atoms. The van der Waals surface area contributed by atoms with Crippen molar-refractivity contribution in [1.82, 2.24) is 9.88 Å². The zero-order chi connectivity index (χ0) is 20.3. The number of benzene rings is 1. The Labute approximate surface area is 166 Å². The number of morpholine rings is 1. The highest BCUT2D eigenvalue weighted by Gasteiger charge is 2.23. The van der Waals surface area contributed by atoms with Gasteiger partial charge in [0.25, 0.3) is 11.6 Å². The lowest BCUT2D eigenvalue weighted by molar-refractivity contribution is -0.384. The average molecular weight is 405 g/mol. The largest absolute Gasteiger partial charge is 0.383 e. The van der Waals surface area contributed by atoms with E-state index >= 15 is 0 Å². The summed E-state index contributed by atoms with van der Waals surface area (Å²) in [5.41, 5.74) is 1.29. The molecule has 1 amide bonds. The number of hydrogen-bond donors (Lipinski definition) is 2. The zero-order valence-corrected chi connectivity index (χ0v) is 16.8. The number of carbonyl (C=O) groups is 1. The van der Waals surface area contributed by atoms with Gasteiger partial charge in [0.2, 0.25) is 0 Å². The summed E-state index contributed by atoms with van der Waals surface area (Å²) in [6.45, 7) is 6.46. The maximum absolute atomic E-state index is 12.5. The molecule has 1 aromatic heterocycles. The van der Waals surface area contributed by atoms with Crippen LogP contribution < -0.4 is 10.6 Å². The quantitative estimate of drug-likeness (QED) is 0.562. The van der Waals surface area contributed by atoms with Crippen LogP contribution in [0, 0.1) is 10.1 Å². The van der Waals surface area contributed by atoms with Crippen LogP contribution in [0.3, 0.4) is 0 Å². The van der Waals surface area contributed by atoms with Gasteiger partial charge < -0.3 is 10.1 Å². The van der Waals surface area contributed by atoms with Crippen LogP contribution in [0.25, 0.3) is 0 Å². The average Bonchev–Trinajstić information content (AvgIpc) is 3.06. The Kier molecular flexibility index (Phi) is 6.22. The predicted octanol–water partition coefficient (Wildman–Crippen LogP) is 2.95. The zero-order valence-electron chi connectivity index (χ0n) is 16.0. The highest BCUT2D eigenvalue weighted by Crippen LogP contribution is 2.26. The second-order valence-corrected chi connectivity index (χ2v) is 7.65. The highest BCUT2D eigenvalue weighted by molar-refractivity contribution is 7.13. The summed E-state index contributed by atoms with van der Waals surface area (Å²) in [6, 6.07) is 4.31. The second kappa shape index (κ2) is 8.63. The van der Waals surface area contributed by atoms with E-state index in [1.54, 1.807) is 13.1 Å². The third kappa shape index (κ3) is 4.83. The van der Waals surface area contributed by atoms with E-state index in [2.05, 4.69) is 20.5 Å². The third-order valence-electron chi connectivity index (χ3n) is 4.38. The molecule has 0 bridgehead atoms. The smallest absolute Gasteiger partial charge is 0.293 e. The van der Waals surface area contributed by atoms with E-state index in [1.807, 2.05) is 19.2 Å². The molecule has 2 aromatic rings. The summed E-state index contributed by atoms with van der Waals surface area (Å²) in [5.74, 6) is -0.430. The monoisotopic (exact) mass is 405 g/mol. The Balaban J connectivity index is 1.65. The first kappa shape index (κ1) is 20.2. The molecule has 0 aliphatic carbocycles. The fourth-order valence-electron chi connectivity index (χ4n) is 3.28. The number of rotatable bonds is 6. The maximum atomic E-state index is 12.5. The number of nitro groups is 1. The number of thiazole rings is 1. The lowest BCUT2D eigenvalue weighted by Crippen LogP contribution is -2.44. The molecular formula is C18H23N5O4S. The van der Waals surface area contributed by atoms with Crippen LogP contribution in [0.1, 0.15) is 29.9 Å². The molecule has 1 aliphatic heterocycles. The SMILES string of the molecule is CNc1ccc(C(=O)Nc2nc(CN3C[C@H](C)O[C@@H](C)C3)cs2)cc1[N+](=O)[O-]. The highest BCUT2D eigenvalue weighted by atomic mass is 32.1. The molecule has 0 saturated carbocycles. The van der Waals surface area contributed by atoms with Crippen molar-refractivity contribution in [1.29, 1.82) is 0 Å². The summed E-state index contributed by atoms with van der Waals surface area (Å²) < 4.78 is 5.73. The van der Waals surface area contributed by atoms with Gasteiger partial charge in [-0.2, -0.15) is 0 Å². The third-order valence-corrected chi connectivity index (χ3v) is 5.19. The van der Waals surface area contributed by atoms with E-state index in [0.717, 1.165) is 18.8 Å². The normalized spacial score (nSPS) is 20.0. The van der Waals surface area contributed by atoms with Crippen LogP contribution in [-0.2, 0) is 11.3 Å². The summed E-state index contributed by atoms with van der Waals surface area (Å²) in [4.78, 5) is 29.8. The fraction of sp³-hybridized carbons (Fsp3) is 0.444. The number of nitrogens with zero attached hydrogens (tertiary/aromatic N) is 3. The summed E-state index contributed by atoms with van der Waals surface area (Å²) in [6.07, 6.45) is 0.357. The Morgan fingerprint density at radius 3 is 2.75 bits per heavy atom. The van der Waals surface area contributed by atoms with E-state index in [9.17, 15) is 14.9 Å². The van der Waals surface area contributed by atoms with Crippen molar-refractivity contribution in [2.75, 3.05) is 30.8 Å². The first-order valence-electron chi connectivity index (χ1n) is 8.95. The van der Waals surface area contributed by atoms with Crippen molar-refractivity contribution in [2.24, 2.45) is 0 Å².